The van der Waals surface area contributed by atoms with Gasteiger partial charge in [-0.05, 0) is 33.7 Å². The Bertz CT molecular complexity index is 343. The zero-order chi connectivity index (χ0) is 13.8. The molecule has 1 fully saturated rings. The van der Waals surface area contributed by atoms with E-state index in [1.807, 2.05) is 0 Å². The Labute approximate surface area is 111 Å². The molecule has 2 N–H and O–H groups in total. The summed E-state index contributed by atoms with van der Waals surface area (Å²) in [6.07, 6.45) is 0.314. The number of hydrogen-bond acceptors (Lipinski definition) is 5. The molecule has 5 nitrogen and oxygen atoms in total. The van der Waals surface area contributed by atoms with Gasteiger partial charge in [0.1, 0.15) is 0 Å². The van der Waals surface area contributed by atoms with E-state index >= 15 is 0 Å². The summed E-state index contributed by atoms with van der Waals surface area (Å²) < 4.78 is 29.8. The van der Waals surface area contributed by atoms with Crippen molar-refractivity contribution in [3.05, 3.63) is 0 Å². The van der Waals surface area contributed by atoms with E-state index in [1.54, 1.807) is 6.92 Å². The Balaban J connectivity index is 2.56. The molecule has 0 spiro atoms. The van der Waals surface area contributed by atoms with E-state index in [2.05, 4.69) is 18.7 Å². The summed E-state index contributed by atoms with van der Waals surface area (Å²) in [4.78, 5) is 2.26. The van der Waals surface area contributed by atoms with Crippen LogP contribution in [0.5, 0.6) is 0 Å². The first-order valence-corrected chi connectivity index (χ1v) is 8.35. The predicted octanol–water partition coefficient (Wildman–Crippen LogP) is 0.248. The predicted molar refractivity (Wildman–Crippen MR) is 73.4 cm³/mol. The van der Waals surface area contributed by atoms with Crippen molar-refractivity contribution in [2.45, 2.75) is 44.6 Å². The van der Waals surface area contributed by atoms with Gasteiger partial charge in [-0.3, -0.25) is 4.90 Å². The molecule has 1 heterocycles. The standard InChI is InChI=1S/C12H26N2O3S/c1-10(2)14-6-7-17-12(8-14)9-18(15,16)11(3)4-5-13/h10-12H,4-9,13H2,1-3H3. The second-order valence-corrected chi connectivity index (χ2v) is 7.76. The quantitative estimate of drug-likeness (QED) is 0.754. The second kappa shape index (κ2) is 6.84. The van der Waals surface area contributed by atoms with Crippen molar-refractivity contribution in [2.24, 2.45) is 5.73 Å². The molecular formula is C12H26N2O3S. The van der Waals surface area contributed by atoms with Gasteiger partial charge in [0.15, 0.2) is 9.84 Å². The van der Waals surface area contributed by atoms with Crippen LogP contribution in [-0.2, 0) is 14.6 Å². The molecule has 1 aliphatic heterocycles. The number of rotatable bonds is 6. The number of nitrogens with two attached hydrogens (primary N) is 1. The highest BCUT2D eigenvalue weighted by molar-refractivity contribution is 7.92. The molecule has 6 heteroatoms. The van der Waals surface area contributed by atoms with Crippen LogP contribution in [0, 0.1) is 0 Å². The molecule has 0 saturated carbocycles. The lowest BCUT2D eigenvalue weighted by Gasteiger charge is -2.35. The molecule has 108 valence electrons. The molecule has 0 aliphatic carbocycles. The molecular weight excluding hydrogens is 252 g/mol. The maximum absolute atomic E-state index is 12.1. The number of ether oxygens (including phenoxy) is 1. The van der Waals surface area contributed by atoms with Crippen LogP contribution in [0.3, 0.4) is 0 Å². The van der Waals surface area contributed by atoms with Gasteiger partial charge in [0.2, 0.25) is 0 Å². The summed E-state index contributed by atoms with van der Waals surface area (Å²) in [6, 6.07) is 0.431. The van der Waals surface area contributed by atoms with E-state index in [9.17, 15) is 8.42 Å². The number of nitrogens with zero attached hydrogens (tertiary/aromatic N) is 1. The lowest BCUT2D eigenvalue weighted by molar-refractivity contribution is -0.0273. The van der Waals surface area contributed by atoms with Crippen molar-refractivity contribution >= 4 is 9.84 Å². The van der Waals surface area contributed by atoms with Crippen molar-refractivity contribution in [1.29, 1.82) is 0 Å². The Kier molecular flexibility index (Phi) is 6.04. The van der Waals surface area contributed by atoms with E-state index in [-0.39, 0.29) is 17.1 Å². The van der Waals surface area contributed by atoms with Crippen LogP contribution in [0.25, 0.3) is 0 Å². The molecule has 18 heavy (non-hydrogen) atoms. The van der Waals surface area contributed by atoms with Crippen LogP contribution in [0.2, 0.25) is 0 Å². The first kappa shape index (κ1) is 15.9. The largest absolute Gasteiger partial charge is 0.374 e. The molecule has 0 aromatic heterocycles. The van der Waals surface area contributed by atoms with Crippen molar-refractivity contribution in [2.75, 3.05) is 32.0 Å². The zero-order valence-electron chi connectivity index (χ0n) is 11.6. The molecule has 2 unspecified atom stereocenters. The van der Waals surface area contributed by atoms with Crippen molar-refractivity contribution in [3.63, 3.8) is 0 Å². The SMILES string of the molecule is CC(C)N1CCOC(CS(=O)(=O)C(C)CCN)C1. The third-order valence-corrected chi connectivity index (χ3v) is 5.80. The van der Waals surface area contributed by atoms with E-state index in [0.717, 1.165) is 6.54 Å². The van der Waals surface area contributed by atoms with Crippen LogP contribution in [-0.4, -0.2) is 62.7 Å². The van der Waals surface area contributed by atoms with Crippen LogP contribution < -0.4 is 5.73 Å². The average molecular weight is 278 g/mol. The topological polar surface area (TPSA) is 72.6 Å². The lowest BCUT2D eigenvalue weighted by Crippen LogP contribution is -2.48. The minimum Gasteiger partial charge on any atom is -0.374 e. The van der Waals surface area contributed by atoms with Crippen LogP contribution >= 0.6 is 0 Å². The Morgan fingerprint density at radius 1 is 1.39 bits per heavy atom. The summed E-state index contributed by atoms with van der Waals surface area (Å²) in [5.41, 5.74) is 5.42. The fourth-order valence-electron chi connectivity index (χ4n) is 2.15. The van der Waals surface area contributed by atoms with Crippen molar-refractivity contribution in [1.82, 2.24) is 4.90 Å². The second-order valence-electron chi connectivity index (χ2n) is 5.30. The summed E-state index contributed by atoms with van der Waals surface area (Å²) in [7, 11) is -3.10. The fraction of sp³-hybridized carbons (Fsp3) is 1.00. The number of sulfone groups is 1. The molecule has 1 aliphatic rings. The zero-order valence-corrected chi connectivity index (χ0v) is 12.4. The van der Waals surface area contributed by atoms with E-state index < -0.39 is 9.84 Å². The minimum atomic E-state index is -3.10. The maximum atomic E-state index is 12.1. The highest BCUT2D eigenvalue weighted by Gasteiger charge is 2.29. The normalized spacial score (nSPS) is 24.4. The summed E-state index contributed by atoms with van der Waals surface area (Å²) in [5.74, 6) is 0.109. The van der Waals surface area contributed by atoms with Gasteiger partial charge >= 0.3 is 0 Å². The molecule has 1 saturated heterocycles. The maximum Gasteiger partial charge on any atom is 0.155 e. The summed E-state index contributed by atoms with van der Waals surface area (Å²) in [5, 5.41) is -0.375. The monoisotopic (exact) mass is 278 g/mol. The first-order chi connectivity index (χ1) is 8.36. The lowest BCUT2D eigenvalue weighted by atomic mass is 10.2. The molecule has 0 aromatic rings. The molecule has 0 aromatic carbocycles. The highest BCUT2D eigenvalue weighted by Crippen LogP contribution is 2.14. The summed E-state index contributed by atoms with van der Waals surface area (Å²) in [6.45, 7) is 8.57. The van der Waals surface area contributed by atoms with Gasteiger partial charge in [-0.1, -0.05) is 0 Å². The smallest absolute Gasteiger partial charge is 0.155 e. The van der Waals surface area contributed by atoms with E-state index in [1.165, 1.54) is 0 Å². The fourth-order valence-corrected chi connectivity index (χ4v) is 3.69. The highest BCUT2D eigenvalue weighted by atomic mass is 32.2. The third kappa shape index (κ3) is 4.50. The molecule has 0 radical (unpaired) electrons. The van der Waals surface area contributed by atoms with Crippen LogP contribution in [0.4, 0.5) is 0 Å². The molecule has 0 amide bonds. The minimum absolute atomic E-state index is 0.109. The van der Waals surface area contributed by atoms with Gasteiger partial charge < -0.3 is 10.5 Å². The van der Waals surface area contributed by atoms with Gasteiger partial charge in [-0.2, -0.15) is 0 Å². The van der Waals surface area contributed by atoms with E-state index in [4.69, 9.17) is 10.5 Å². The van der Waals surface area contributed by atoms with Crippen molar-refractivity contribution < 1.29 is 13.2 Å². The third-order valence-electron chi connectivity index (χ3n) is 3.50. The van der Waals surface area contributed by atoms with Gasteiger partial charge in [-0.15, -0.1) is 0 Å². The van der Waals surface area contributed by atoms with Crippen LogP contribution in [0.15, 0.2) is 0 Å². The van der Waals surface area contributed by atoms with Gasteiger partial charge in [0.25, 0.3) is 0 Å². The van der Waals surface area contributed by atoms with Gasteiger partial charge in [0, 0.05) is 19.1 Å². The Morgan fingerprint density at radius 2 is 2.06 bits per heavy atom. The number of hydrogen-bond donors (Lipinski definition) is 1. The first-order valence-electron chi connectivity index (χ1n) is 6.64. The summed E-state index contributed by atoms with van der Waals surface area (Å²) >= 11 is 0. The van der Waals surface area contributed by atoms with Crippen molar-refractivity contribution in [3.8, 4) is 0 Å². The van der Waals surface area contributed by atoms with E-state index in [0.29, 0.717) is 32.2 Å². The molecule has 1 rings (SSSR count). The Hall–Kier alpha value is -0.170. The molecule has 2 atom stereocenters. The van der Waals surface area contributed by atoms with Crippen LogP contribution in [0.1, 0.15) is 27.2 Å². The Morgan fingerprint density at radius 3 is 2.61 bits per heavy atom. The van der Waals surface area contributed by atoms with Gasteiger partial charge in [-0.25, -0.2) is 8.42 Å². The van der Waals surface area contributed by atoms with Gasteiger partial charge in [0.05, 0.1) is 23.7 Å². The number of morpholine rings is 1. The molecule has 0 bridgehead atoms. The average Bonchev–Trinajstić information content (AvgIpc) is 2.29.